The molecule has 2 N–H and O–H groups in total. The van der Waals surface area contributed by atoms with Gasteiger partial charge in [0, 0.05) is 13.3 Å². The number of hydrogen-bond acceptors (Lipinski definition) is 5. The number of esters is 1. The molecule has 0 aliphatic carbocycles. The Morgan fingerprint density at radius 1 is 0.757 bits per heavy atom. The Morgan fingerprint density at radius 3 is 1.57 bits per heavy atom. The molecule has 3 aromatic carbocycles. The van der Waals surface area contributed by atoms with Crippen molar-refractivity contribution in [3.8, 4) is 0 Å². The van der Waals surface area contributed by atoms with Crippen LogP contribution in [-0.4, -0.2) is 36.7 Å². The molecule has 192 valence electrons. The summed E-state index contributed by atoms with van der Waals surface area (Å²) in [5.41, 5.74) is 1.46. The van der Waals surface area contributed by atoms with Gasteiger partial charge in [-0.25, -0.2) is 0 Å². The van der Waals surface area contributed by atoms with Crippen LogP contribution in [0, 0.1) is 5.92 Å². The summed E-state index contributed by atoms with van der Waals surface area (Å²) in [6, 6.07) is 27.7. The molecule has 0 unspecified atom stereocenters. The van der Waals surface area contributed by atoms with Crippen LogP contribution >= 0.6 is 0 Å². The third-order valence-electron chi connectivity index (χ3n) is 6.21. The molecule has 3 aromatic rings. The largest absolute Gasteiger partial charge is 0.469 e. The van der Waals surface area contributed by atoms with Gasteiger partial charge in [0.25, 0.3) is 0 Å². The zero-order chi connectivity index (χ0) is 26.8. The van der Waals surface area contributed by atoms with Gasteiger partial charge >= 0.3 is 5.97 Å². The third-order valence-corrected chi connectivity index (χ3v) is 6.21. The van der Waals surface area contributed by atoms with Crippen molar-refractivity contribution >= 4 is 23.6 Å². The van der Waals surface area contributed by atoms with Crippen molar-refractivity contribution in [3.05, 3.63) is 108 Å². The van der Waals surface area contributed by atoms with Crippen molar-refractivity contribution in [1.29, 1.82) is 0 Å². The first kappa shape index (κ1) is 27.3. The molecule has 7 nitrogen and oxygen atoms in total. The molecule has 2 atom stereocenters. The van der Waals surface area contributed by atoms with E-state index in [2.05, 4.69) is 10.6 Å². The molecule has 0 aliphatic rings. The summed E-state index contributed by atoms with van der Waals surface area (Å²) in [5, 5.41) is 5.77. The van der Waals surface area contributed by atoms with E-state index >= 15 is 0 Å². The van der Waals surface area contributed by atoms with E-state index in [0.29, 0.717) is 0 Å². The van der Waals surface area contributed by atoms with Gasteiger partial charge in [-0.3, -0.25) is 19.2 Å². The molecule has 37 heavy (non-hydrogen) atoms. The fraction of sp³-hybridized carbons (Fsp3) is 0.267. The van der Waals surface area contributed by atoms with Gasteiger partial charge in [0.15, 0.2) is 5.78 Å². The maximum Gasteiger partial charge on any atom is 0.308 e. The van der Waals surface area contributed by atoms with Crippen molar-refractivity contribution in [3.63, 3.8) is 0 Å². The molecule has 0 saturated heterocycles. The summed E-state index contributed by atoms with van der Waals surface area (Å²) < 4.78 is 4.71. The van der Waals surface area contributed by atoms with Crippen molar-refractivity contribution in [1.82, 2.24) is 10.6 Å². The molecule has 0 aromatic heterocycles. The lowest BCUT2D eigenvalue weighted by Gasteiger charge is -2.37. The van der Waals surface area contributed by atoms with Crippen LogP contribution in [0.5, 0.6) is 0 Å². The molecule has 0 radical (unpaired) electrons. The molecule has 2 amide bonds. The lowest BCUT2D eigenvalue weighted by molar-refractivity contribution is -0.146. The van der Waals surface area contributed by atoms with Crippen molar-refractivity contribution in [2.75, 3.05) is 7.11 Å². The van der Waals surface area contributed by atoms with Gasteiger partial charge < -0.3 is 15.4 Å². The Balaban J connectivity index is 2.01. The average molecular weight is 501 g/mol. The predicted molar refractivity (Wildman–Crippen MR) is 140 cm³/mol. The van der Waals surface area contributed by atoms with E-state index in [1.807, 2.05) is 91.0 Å². The minimum Gasteiger partial charge on any atom is -0.469 e. The minimum atomic E-state index is -1.09. The lowest BCUT2D eigenvalue weighted by Crippen LogP contribution is -2.51. The second-order valence-electron chi connectivity index (χ2n) is 8.95. The van der Waals surface area contributed by atoms with Crippen LogP contribution in [0.3, 0.4) is 0 Å². The molecule has 0 bridgehead atoms. The molecule has 0 saturated carbocycles. The van der Waals surface area contributed by atoms with Gasteiger partial charge in [0.05, 0.1) is 25.5 Å². The molecule has 3 rings (SSSR count). The van der Waals surface area contributed by atoms with Gasteiger partial charge in [-0.1, -0.05) is 97.9 Å². The van der Waals surface area contributed by atoms with Crippen LogP contribution in [0.25, 0.3) is 0 Å². The maximum atomic E-state index is 13.6. The van der Waals surface area contributed by atoms with Gasteiger partial charge in [0.2, 0.25) is 11.8 Å². The van der Waals surface area contributed by atoms with Crippen LogP contribution in [-0.2, 0) is 29.5 Å². The van der Waals surface area contributed by atoms with E-state index in [4.69, 9.17) is 4.74 Å². The fourth-order valence-electron chi connectivity index (χ4n) is 4.45. The Kier molecular flexibility index (Phi) is 9.33. The van der Waals surface area contributed by atoms with Gasteiger partial charge in [-0.15, -0.1) is 0 Å². The molecule has 0 spiro atoms. The first-order chi connectivity index (χ1) is 17.8. The molecule has 0 fully saturated rings. The first-order valence-electron chi connectivity index (χ1n) is 12.1. The smallest absolute Gasteiger partial charge is 0.308 e. The van der Waals surface area contributed by atoms with Gasteiger partial charge in [-0.2, -0.15) is 0 Å². The summed E-state index contributed by atoms with van der Waals surface area (Å²) in [7, 11) is 1.25. The van der Waals surface area contributed by atoms with Gasteiger partial charge in [0.1, 0.15) is 5.54 Å². The molecule has 0 aliphatic heterocycles. The second kappa shape index (κ2) is 12.6. The third kappa shape index (κ3) is 6.70. The number of methoxy groups -OCH3 is 1. The summed E-state index contributed by atoms with van der Waals surface area (Å²) in [6.07, 6.45) is -0.452. The molecular weight excluding hydrogens is 468 g/mol. The number of Topliss-reactive ketones (excluding diaryl/α,β-unsaturated/α-hetero) is 1. The maximum absolute atomic E-state index is 13.6. The number of carbonyl (C=O) groups is 4. The van der Waals surface area contributed by atoms with Crippen LogP contribution in [0.15, 0.2) is 91.0 Å². The van der Waals surface area contributed by atoms with E-state index in [1.165, 1.54) is 14.0 Å². The number of carbonyl (C=O) groups excluding carboxylic acids is 4. The standard InChI is InChI=1S/C30H32N2O5/c1-21(29(36)37-3)19-27(34)26(31-22(2)33)20-28(35)32-30(23-13-7-4-8-14-23,24-15-9-5-10-16-24)25-17-11-6-12-18-25/h4-18,21,26H,19-20H2,1-3H3,(H,31,33)(H,32,35)/t21-,26-/m1/s1. The summed E-state index contributed by atoms with van der Waals surface area (Å²) in [4.78, 5) is 50.4. The predicted octanol–water partition coefficient (Wildman–Crippen LogP) is 3.76. The zero-order valence-electron chi connectivity index (χ0n) is 21.3. The highest BCUT2D eigenvalue weighted by atomic mass is 16.5. The molecular formula is C30H32N2O5. The Hall–Kier alpha value is -4.26. The zero-order valence-corrected chi connectivity index (χ0v) is 21.3. The minimum absolute atomic E-state index is 0.161. The monoisotopic (exact) mass is 500 g/mol. The molecule has 0 heterocycles. The quantitative estimate of drug-likeness (QED) is 0.308. The summed E-state index contributed by atoms with van der Waals surface area (Å²) in [6.45, 7) is 2.85. The first-order valence-corrected chi connectivity index (χ1v) is 12.1. The summed E-state index contributed by atoms with van der Waals surface area (Å²) in [5.74, 6) is -2.54. The van der Waals surface area contributed by atoms with Crippen LogP contribution in [0.1, 0.15) is 43.4 Å². The Morgan fingerprint density at radius 2 is 1.19 bits per heavy atom. The number of nitrogens with one attached hydrogen (secondary N) is 2. The number of hydrogen-bond donors (Lipinski definition) is 2. The van der Waals surface area contributed by atoms with E-state index < -0.39 is 41.1 Å². The normalized spacial score (nSPS) is 12.6. The average Bonchev–Trinajstić information content (AvgIpc) is 2.92. The van der Waals surface area contributed by atoms with E-state index in [9.17, 15) is 19.2 Å². The second-order valence-corrected chi connectivity index (χ2v) is 8.95. The van der Waals surface area contributed by atoms with Crippen molar-refractivity contribution in [2.24, 2.45) is 5.92 Å². The van der Waals surface area contributed by atoms with E-state index in [-0.39, 0.29) is 12.8 Å². The van der Waals surface area contributed by atoms with Crippen molar-refractivity contribution in [2.45, 2.75) is 38.3 Å². The lowest BCUT2D eigenvalue weighted by atomic mass is 9.76. The number of benzene rings is 3. The highest BCUT2D eigenvalue weighted by Gasteiger charge is 2.38. The fourth-order valence-corrected chi connectivity index (χ4v) is 4.45. The summed E-state index contributed by atoms with van der Waals surface area (Å²) >= 11 is 0. The number of ether oxygens (including phenoxy) is 1. The van der Waals surface area contributed by atoms with Crippen LogP contribution in [0.2, 0.25) is 0 Å². The molecule has 7 heteroatoms. The SMILES string of the molecule is COC(=O)[C@H](C)CC(=O)[C@@H](CC(=O)NC(c1ccccc1)(c1ccccc1)c1ccccc1)NC(C)=O. The highest BCUT2D eigenvalue weighted by molar-refractivity contribution is 5.95. The van der Waals surface area contributed by atoms with Gasteiger partial charge in [-0.05, 0) is 16.7 Å². The highest BCUT2D eigenvalue weighted by Crippen LogP contribution is 2.36. The van der Waals surface area contributed by atoms with E-state index in [1.54, 1.807) is 6.92 Å². The van der Waals surface area contributed by atoms with Crippen LogP contribution < -0.4 is 10.6 Å². The topological polar surface area (TPSA) is 102 Å². The van der Waals surface area contributed by atoms with Crippen LogP contribution in [0.4, 0.5) is 0 Å². The Bertz CT molecular complexity index is 1120. The Labute approximate surface area is 217 Å². The van der Waals surface area contributed by atoms with Crippen molar-refractivity contribution < 1.29 is 23.9 Å². The number of ketones is 1. The number of rotatable bonds is 11. The van der Waals surface area contributed by atoms with E-state index in [0.717, 1.165) is 16.7 Å². The number of amides is 2.